The van der Waals surface area contributed by atoms with E-state index < -0.39 is 43.3 Å². The number of aliphatic hydroxyl groups is 4. The summed E-state index contributed by atoms with van der Waals surface area (Å²) in [6, 6.07) is -1.30. The molecule has 0 aliphatic carbocycles. The van der Waals surface area contributed by atoms with Gasteiger partial charge in [-0.2, -0.15) is 0 Å². The average molecular weight is 251 g/mol. The van der Waals surface area contributed by atoms with E-state index in [1.54, 1.807) is 0 Å². The van der Waals surface area contributed by atoms with Gasteiger partial charge in [0.2, 0.25) is 0 Å². The van der Waals surface area contributed by atoms with Crippen LogP contribution in [0.2, 0.25) is 0 Å². The molecule has 0 spiro atoms. The highest BCUT2D eigenvalue weighted by Gasteiger charge is 2.47. The van der Waals surface area contributed by atoms with Gasteiger partial charge >= 0.3 is 6.03 Å². The van der Waals surface area contributed by atoms with Crippen molar-refractivity contribution in [2.75, 3.05) is 6.61 Å². The van der Waals surface area contributed by atoms with Crippen molar-refractivity contribution in [1.82, 2.24) is 5.01 Å². The monoisotopic (exact) mass is 251 g/mol. The first-order chi connectivity index (χ1) is 7.93. The quantitative estimate of drug-likeness (QED) is 0.261. The van der Waals surface area contributed by atoms with E-state index >= 15 is 0 Å². The normalized spacial score (nSPS) is 37.5. The first kappa shape index (κ1) is 13.7. The Bertz CT molecular complexity index is 299. The zero-order valence-electron chi connectivity index (χ0n) is 8.58. The van der Waals surface area contributed by atoms with Crippen molar-refractivity contribution in [3.8, 4) is 0 Å². The summed E-state index contributed by atoms with van der Waals surface area (Å²) in [6.45, 7) is -0.688. The predicted molar refractivity (Wildman–Crippen MR) is 51.0 cm³/mol. The lowest BCUT2D eigenvalue weighted by molar-refractivity contribution is -0.257. The van der Waals surface area contributed by atoms with Crippen molar-refractivity contribution in [2.24, 2.45) is 11.0 Å². The molecule has 0 aromatic rings. The molecule has 1 unspecified atom stereocenters. The number of ether oxygens (including phenoxy) is 1. The molecule has 2 amide bonds. The van der Waals surface area contributed by atoms with Gasteiger partial charge in [0.15, 0.2) is 6.23 Å². The minimum Gasteiger partial charge on any atom is -0.394 e. The minimum absolute atomic E-state index is 0.0719. The van der Waals surface area contributed by atoms with Crippen LogP contribution in [0.15, 0.2) is 5.29 Å². The lowest BCUT2D eigenvalue weighted by Gasteiger charge is -2.41. The first-order valence-electron chi connectivity index (χ1n) is 4.66. The molecule has 5 atom stereocenters. The minimum atomic E-state index is -1.78. The molecular weight excluding hydrogens is 238 g/mol. The summed E-state index contributed by atoms with van der Waals surface area (Å²) < 4.78 is 4.87. The van der Waals surface area contributed by atoms with E-state index in [0.717, 1.165) is 0 Å². The third-order valence-electron chi connectivity index (χ3n) is 2.42. The zero-order chi connectivity index (χ0) is 13.2. The zero-order valence-corrected chi connectivity index (χ0v) is 8.58. The molecule has 1 aliphatic rings. The Labute approximate surface area is 95.1 Å². The number of hydrogen-bond acceptors (Lipinski definition) is 8. The highest BCUT2D eigenvalue weighted by atomic mass is 16.6. The number of aliphatic hydroxyl groups excluding tert-OH is 4. The van der Waals surface area contributed by atoms with Crippen molar-refractivity contribution in [3.63, 3.8) is 0 Å². The van der Waals surface area contributed by atoms with Crippen LogP contribution in [0, 0.1) is 4.91 Å². The average Bonchev–Trinajstić information content (AvgIpc) is 2.29. The first-order valence-corrected chi connectivity index (χ1v) is 4.66. The fraction of sp³-hybridized carbons (Fsp3) is 0.857. The van der Waals surface area contributed by atoms with Gasteiger partial charge in [-0.15, -0.1) is 9.92 Å². The number of carbonyl (C=O) groups is 1. The summed E-state index contributed by atoms with van der Waals surface area (Å²) in [6.07, 6.45) is -8.00. The van der Waals surface area contributed by atoms with Crippen LogP contribution in [-0.4, -0.2) is 68.7 Å². The lowest BCUT2D eigenvalue weighted by Crippen LogP contribution is -2.63. The second-order valence-corrected chi connectivity index (χ2v) is 3.48. The second-order valence-electron chi connectivity index (χ2n) is 3.48. The second kappa shape index (κ2) is 5.33. The maximum absolute atomic E-state index is 10.8. The van der Waals surface area contributed by atoms with Crippen molar-refractivity contribution in [3.05, 3.63) is 4.91 Å². The number of rotatable bonds is 3. The molecule has 10 heteroatoms. The summed E-state index contributed by atoms with van der Waals surface area (Å²) in [7, 11) is 0. The smallest absolute Gasteiger partial charge is 0.340 e. The Balaban J connectivity index is 2.91. The van der Waals surface area contributed by atoms with Crippen LogP contribution in [0.3, 0.4) is 0 Å². The van der Waals surface area contributed by atoms with Gasteiger partial charge in [0.25, 0.3) is 0 Å². The Kier molecular flexibility index (Phi) is 4.31. The largest absolute Gasteiger partial charge is 0.394 e. The molecule has 0 radical (unpaired) electrons. The predicted octanol–water partition coefficient (Wildman–Crippen LogP) is -3.15. The Morgan fingerprint density at radius 1 is 1.29 bits per heavy atom. The van der Waals surface area contributed by atoms with Crippen LogP contribution in [0.4, 0.5) is 4.79 Å². The molecule has 1 fully saturated rings. The summed E-state index contributed by atoms with van der Waals surface area (Å²) in [4.78, 5) is 21.2. The maximum Gasteiger partial charge on any atom is 0.340 e. The van der Waals surface area contributed by atoms with Crippen LogP contribution >= 0.6 is 0 Å². The third-order valence-corrected chi connectivity index (χ3v) is 2.42. The number of nitroso groups, excluding NO2 is 1. The van der Waals surface area contributed by atoms with Gasteiger partial charge in [0.05, 0.1) is 11.9 Å². The van der Waals surface area contributed by atoms with Crippen LogP contribution in [0.5, 0.6) is 0 Å². The lowest BCUT2D eigenvalue weighted by atomic mass is 9.98. The molecular formula is C7H13N3O7. The van der Waals surface area contributed by atoms with Crippen molar-refractivity contribution >= 4 is 6.03 Å². The number of hydrogen-bond donors (Lipinski definition) is 5. The van der Waals surface area contributed by atoms with E-state index in [2.05, 4.69) is 5.29 Å². The molecule has 1 rings (SSSR count). The van der Waals surface area contributed by atoms with Crippen LogP contribution < -0.4 is 5.73 Å². The van der Waals surface area contributed by atoms with Gasteiger partial charge in [-0.05, 0) is 0 Å². The van der Waals surface area contributed by atoms with Crippen LogP contribution in [-0.2, 0) is 4.74 Å². The number of carbonyl (C=O) groups excluding carboxylic acids is 1. The summed E-state index contributed by atoms with van der Waals surface area (Å²) >= 11 is 0. The molecule has 1 heterocycles. The van der Waals surface area contributed by atoms with Gasteiger partial charge in [-0.1, -0.05) is 0 Å². The van der Waals surface area contributed by atoms with Crippen molar-refractivity contribution in [1.29, 1.82) is 0 Å². The van der Waals surface area contributed by atoms with Crippen LogP contribution in [0.1, 0.15) is 0 Å². The van der Waals surface area contributed by atoms with E-state index in [9.17, 15) is 25.0 Å². The SMILES string of the molecule is NC(=O)N(N=O)[C@@H]1OC(CO)[C@H](O)[C@@H](O)[C@@H]1O. The summed E-state index contributed by atoms with van der Waals surface area (Å²) in [5.41, 5.74) is 4.80. The number of nitrogens with two attached hydrogens (primary N) is 1. The molecule has 0 aromatic carbocycles. The van der Waals surface area contributed by atoms with E-state index in [1.165, 1.54) is 0 Å². The summed E-state index contributed by atoms with van der Waals surface area (Å²) in [5, 5.41) is 39.5. The van der Waals surface area contributed by atoms with E-state index in [4.69, 9.17) is 15.6 Å². The number of amides is 2. The fourth-order valence-electron chi connectivity index (χ4n) is 1.50. The molecule has 6 N–H and O–H groups in total. The van der Waals surface area contributed by atoms with Gasteiger partial charge < -0.3 is 30.9 Å². The number of nitrogens with zero attached hydrogens (tertiary/aromatic N) is 2. The fourth-order valence-corrected chi connectivity index (χ4v) is 1.50. The highest BCUT2D eigenvalue weighted by molar-refractivity contribution is 5.71. The molecule has 1 aliphatic heterocycles. The van der Waals surface area contributed by atoms with Gasteiger partial charge in [-0.25, -0.2) is 4.79 Å². The number of primary amides is 1. The van der Waals surface area contributed by atoms with Crippen molar-refractivity contribution in [2.45, 2.75) is 30.6 Å². The van der Waals surface area contributed by atoms with E-state index in [0.29, 0.717) is 0 Å². The van der Waals surface area contributed by atoms with E-state index in [1.807, 2.05) is 0 Å². The molecule has 0 bridgehead atoms. The van der Waals surface area contributed by atoms with Gasteiger partial charge in [-0.3, -0.25) is 0 Å². The summed E-state index contributed by atoms with van der Waals surface area (Å²) in [5.74, 6) is 0. The maximum atomic E-state index is 10.8. The van der Waals surface area contributed by atoms with Crippen molar-refractivity contribution < 1.29 is 30.0 Å². The Morgan fingerprint density at radius 2 is 1.88 bits per heavy atom. The molecule has 1 saturated heterocycles. The Morgan fingerprint density at radius 3 is 2.29 bits per heavy atom. The number of urea groups is 1. The highest BCUT2D eigenvalue weighted by Crippen LogP contribution is 2.23. The molecule has 0 saturated carbocycles. The molecule has 0 aromatic heterocycles. The standard InChI is InChI=1S/C7H13N3O7/c8-7(15)10(9-16)6-5(14)4(13)3(12)2(1-11)17-6/h2-6,11-14H,1H2,(H2,8,15)/t2?,3-,4+,5-,6+/m0/s1. The topological polar surface area (TPSA) is 166 Å². The van der Waals surface area contributed by atoms with E-state index in [-0.39, 0.29) is 5.01 Å². The van der Waals surface area contributed by atoms with Crippen LogP contribution in [0.25, 0.3) is 0 Å². The molecule has 98 valence electrons. The molecule has 10 nitrogen and oxygen atoms in total. The third kappa shape index (κ3) is 2.50. The molecule has 17 heavy (non-hydrogen) atoms. The Hall–Kier alpha value is -1.33. The van der Waals surface area contributed by atoms with Gasteiger partial charge in [0, 0.05) is 0 Å². The van der Waals surface area contributed by atoms with Gasteiger partial charge in [0.1, 0.15) is 24.4 Å².